The van der Waals surface area contributed by atoms with E-state index < -0.39 is 94.6 Å². The van der Waals surface area contributed by atoms with Gasteiger partial charge < -0.3 is 39.4 Å². The van der Waals surface area contributed by atoms with Crippen LogP contribution in [0.25, 0.3) is 0 Å². The Morgan fingerprint density at radius 2 is 0.965 bits per heavy atom. The van der Waals surface area contributed by atoms with Crippen LogP contribution in [-0.4, -0.2) is 92.4 Å². The van der Waals surface area contributed by atoms with Crippen molar-refractivity contribution in [3.8, 4) is 0 Å². The molecule has 6 saturated carbocycles. The minimum Gasteiger partial charge on any atom is -0.393 e. The van der Waals surface area contributed by atoms with Crippen LogP contribution >= 0.6 is 21.6 Å². The number of ether oxygens (including phenoxy) is 4. The van der Waals surface area contributed by atoms with Crippen LogP contribution in [0.3, 0.4) is 0 Å². The monoisotopic (exact) mass is 1200 g/mol. The lowest BCUT2D eigenvalue weighted by atomic mass is 9.46. The Morgan fingerprint density at radius 1 is 0.547 bits per heavy atom. The van der Waals surface area contributed by atoms with Crippen molar-refractivity contribution in [2.45, 2.75) is 152 Å². The number of fused-ring (bicyclic) bond motifs is 14. The maximum atomic E-state index is 14.1. The average Bonchev–Trinajstić information content (AvgIpc) is 1.49. The van der Waals surface area contributed by atoms with Crippen molar-refractivity contribution in [2.24, 2.45) is 57.2 Å². The molecule has 2 aliphatic heterocycles. The summed E-state index contributed by atoms with van der Waals surface area (Å²) in [5.41, 5.74) is 5.69. The Labute approximate surface area is 511 Å². The number of rotatable bonds is 15. The summed E-state index contributed by atoms with van der Waals surface area (Å²) in [6.45, 7) is 7.07. The van der Waals surface area contributed by atoms with E-state index in [2.05, 4.69) is 100 Å². The molecule has 4 aromatic carbocycles. The van der Waals surface area contributed by atoms with E-state index in [0.717, 1.165) is 77.0 Å². The first-order chi connectivity index (χ1) is 41.3. The summed E-state index contributed by atoms with van der Waals surface area (Å²) in [5.74, 6) is 1.00. The third-order valence-electron chi connectivity index (χ3n) is 23.5. The molecule has 8 fully saturated rings. The fourth-order valence-corrected chi connectivity index (χ4v) is 21.6. The number of benzene rings is 4. The zero-order valence-corrected chi connectivity index (χ0v) is 51.0. The predicted octanol–water partition coefficient (Wildman–Crippen LogP) is 11.2. The molecule has 12 nitrogen and oxygen atoms in total. The Kier molecular flexibility index (Phi) is 14.9. The van der Waals surface area contributed by atoms with Crippen molar-refractivity contribution in [1.29, 1.82) is 0 Å². The smallest absolute Gasteiger partial charge is 0.193 e. The van der Waals surface area contributed by atoms with Crippen LogP contribution in [0.1, 0.15) is 136 Å². The summed E-state index contributed by atoms with van der Waals surface area (Å²) in [4.78, 5) is 52.9. The molecule has 2 saturated heterocycles. The van der Waals surface area contributed by atoms with Crippen LogP contribution < -0.4 is 0 Å². The summed E-state index contributed by atoms with van der Waals surface area (Å²) in [6.07, 6.45) is 13.0. The SMILES string of the molecule is C[C@]12C=CC(=O)C=C1CC[C@@H]1[C@@H]2[C@@H](O)C[C@@]2(C)[C@H]1C[C@H]1O[C@@H](c3ccc(Cc4ccc(CSSCc5ccc(Cc6cccc([C@@H]7O[C@H]8C[C@@H]9[C@H]%10CCC%11=CC(=O)C=C[C@@]%11(C)[C@@H]%10[C@H](O)C[C@@]9(C)[C@@]8(C(=O)CO)O7)c6)cc5)cc4)cc3)O[C@]12C(=O)CO. The molecule has 0 radical (unpaired) electrons. The van der Waals surface area contributed by atoms with Gasteiger partial charge in [-0.2, -0.15) is 0 Å². The maximum absolute atomic E-state index is 14.1. The normalized spacial score (nSPS) is 39.7. The summed E-state index contributed by atoms with van der Waals surface area (Å²) in [5, 5.41) is 45.0. The average molecular weight is 1200 g/mol. The Hall–Kier alpha value is -5.10. The van der Waals surface area contributed by atoms with Crippen molar-refractivity contribution in [1.82, 2.24) is 0 Å². The number of ketones is 4. The zero-order valence-electron chi connectivity index (χ0n) is 49.4. The van der Waals surface area contributed by atoms with E-state index in [0.29, 0.717) is 32.1 Å². The first-order valence-corrected chi connectivity index (χ1v) is 33.6. The van der Waals surface area contributed by atoms with Crippen molar-refractivity contribution >= 4 is 44.7 Å². The lowest BCUT2D eigenvalue weighted by molar-refractivity contribution is -0.201. The highest BCUT2D eigenvalue weighted by atomic mass is 33.1. The third kappa shape index (κ3) is 9.06. The lowest BCUT2D eigenvalue weighted by Gasteiger charge is -2.59. The molecule has 450 valence electrons. The van der Waals surface area contributed by atoms with Crippen LogP contribution in [0.5, 0.6) is 0 Å². The fraction of sp³-hybridized carbons (Fsp3) is 0.500. The van der Waals surface area contributed by atoms with Gasteiger partial charge in [-0.15, -0.1) is 0 Å². The maximum Gasteiger partial charge on any atom is 0.193 e. The van der Waals surface area contributed by atoms with E-state index in [9.17, 15) is 39.6 Å². The van der Waals surface area contributed by atoms with Gasteiger partial charge in [0, 0.05) is 56.1 Å². The van der Waals surface area contributed by atoms with E-state index in [1.165, 1.54) is 22.3 Å². The van der Waals surface area contributed by atoms with E-state index in [-0.39, 0.29) is 47.1 Å². The van der Waals surface area contributed by atoms with Crippen molar-refractivity contribution in [2.75, 3.05) is 13.2 Å². The number of aliphatic hydroxyl groups is 4. The first kappa shape index (κ1) is 58.6. The molecule has 0 spiro atoms. The van der Waals surface area contributed by atoms with Gasteiger partial charge in [0.1, 0.15) is 13.2 Å². The highest BCUT2D eigenvalue weighted by Gasteiger charge is 2.77. The number of Topliss-reactive ketones (excluding diaryl/α,β-unsaturated/α-hetero) is 2. The standard InChI is InChI=1S/C72H78O12S2/c1-67-26-24-51(75)31-49(67)20-22-53-55-33-61-71(59(79)37-73,69(55,3)35-57(77)63(53)67)83-65(81-61)47-18-16-43(17-19-47)28-41-8-12-44(13-9-41)39-85-86-40-45-14-10-42(11-15-45)29-46-6-5-7-48(30-46)66-82-62-34-56-54-23-21-50-32-52(76)25-27-68(50,2)64(54)58(78)36-70(56,4)72(62,84-66)60(80)38-74/h5-19,24-27,30-32,53-58,61-66,73-74,77-78H,20-23,28-29,33-40H2,1-4H3/t53-,54+,55-,56+,57-,58+,61+,62-,63+,64-,65+,66+,67-,68+,69-,70+,71+,72-/m0/s1. The summed E-state index contributed by atoms with van der Waals surface area (Å²) in [6, 6.07) is 33.9. The highest BCUT2D eigenvalue weighted by molar-refractivity contribution is 8.76. The molecular weight excluding hydrogens is 1120 g/mol. The molecule has 0 aromatic heterocycles. The van der Waals surface area contributed by atoms with E-state index in [4.69, 9.17) is 18.9 Å². The molecule has 18 atom stereocenters. The molecule has 14 heteroatoms. The summed E-state index contributed by atoms with van der Waals surface area (Å²) >= 11 is 0. The molecular formula is C72H78O12S2. The largest absolute Gasteiger partial charge is 0.393 e. The van der Waals surface area contributed by atoms with Gasteiger partial charge in [-0.05, 0) is 146 Å². The molecule has 4 aromatic rings. The van der Waals surface area contributed by atoms with Gasteiger partial charge in [0.2, 0.25) is 0 Å². The molecule has 86 heavy (non-hydrogen) atoms. The minimum atomic E-state index is -1.40. The number of allylic oxidation sites excluding steroid dienone is 8. The Balaban J connectivity index is 0.555. The Morgan fingerprint density at radius 3 is 1.42 bits per heavy atom. The van der Waals surface area contributed by atoms with Crippen LogP contribution in [0.4, 0.5) is 0 Å². The van der Waals surface area contributed by atoms with Crippen LogP contribution in [0, 0.1) is 57.2 Å². The number of carbonyl (C=O) groups is 4. The third-order valence-corrected chi connectivity index (χ3v) is 25.7. The van der Waals surface area contributed by atoms with Gasteiger partial charge in [-0.3, -0.25) is 19.2 Å². The lowest BCUT2D eigenvalue weighted by Crippen LogP contribution is -2.63. The number of carbonyl (C=O) groups excluding carboxylic acids is 4. The van der Waals surface area contributed by atoms with Gasteiger partial charge in [-0.1, -0.05) is 170 Å². The molecule has 0 amide bonds. The van der Waals surface area contributed by atoms with Crippen molar-refractivity contribution in [3.63, 3.8) is 0 Å². The van der Waals surface area contributed by atoms with E-state index in [1.54, 1.807) is 24.3 Å². The van der Waals surface area contributed by atoms with Crippen molar-refractivity contribution < 1.29 is 58.6 Å². The molecule has 10 aliphatic rings. The molecule has 0 bridgehead atoms. The second-order valence-electron chi connectivity index (χ2n) is 27.7. The molecule has 4 N–H and O–H groups in total. The molecule has 14 rings (SSSR count). The van der Waals surface area contributed by atoms with Gasteiger partial charge in [0.25, 0.3) is 0 Å². The highest BCUT2D eigenvalue weighted by Crippen LogP contribution is 2.72. The topological polar surface area (TPSA) is 186 Å². The van der Waals surface area contributed by atoms with Gasteiger partial charge in [0.15, 0.2) is 46.9 Å². The van der Waals surface area contributed by atoms with Crippen molar-refractivity contribution in [3.05, 3.63) is 189 Å². The fourth-order valence-electron chi connectivity index (χ4n) is 19.5. The van der Waals surface area contributed by atoms with Gasteiger partial charge in [0.05, 0.1) is 24.4 Å². The summed E-state index contributed by atoms with van der Waals surface area (Å²) < 4.78 is 27.2. The van der Waals surface area contributed by atoms with Crippen LogP contribution in [-0.2, 0) is 62.5 Å². The van der Waals surface area contributed by atoms with E-state index in [1.807, 2.05) is 58.0 Å². The number of hydrogen-bond acceptors (Lipinski definition) is 14. The number of hydrogen-bond donors (Lipinski definition) is 4. The first-order valence-electron chi connectivity index (χ1n) is 31.1. The van der Waals surface area contributed by atoms with Crippen LogP contribution in [0.15, 0.2) is 145 Å². The predicted molar refractivity (Wildman–Crippen MR) is 328 cm³/mol. The molecule has 2 heterocycles. The molecule has 8 aliphatic carbocycles. The van der Waals surface area contributed by atoms with Crippen LogP contribution in [0.2, 0.25) is 0 Å². The summed E-state index contributed by atoms with van der Waals surface area (Å²) in [7, 11) is 3.67. The second-order valence-corrected chi connectivity index (χ2v) is 30.1. The quantitative estimate of drug-likeness (QED) is 0.0651. The Bertz CT molecular complexity index is 3500. The zero-order chi connectivity index (χ0) is 59.7. The van der Waals surface area contributed by atoms with E-state index >= 15 is 0 Å². The van der Waals surface area contributed by atoms with Gasteiger partial charge >= 0.3 is 0 Å². The second kappa shape index (κ2) is 21.8. The minimum absolute atomic E-state index is 0.00670. The van der Waals surface area contributed by atoms with Gasteiger partial charge in [-0.25, -0.2) is 0 Å². The molecule has 0 unspecified atom stereocenters. The number of aliphatic hydroxyl groups excluding tert-OH is 4.